The molecule has 0 heterocycles. The number of halogens is 1. The molecule has 0 aliphatic heterocycles. The second kappa shape index (κ2) is 6.39. The lowest BCUT2D eigenvalue weighted by Gasteiger charge is -2.35. The summed E-state index contributed by atoms with van der Waals surface area (Å²) >= 11 is 0. The lowest BCUT2D eigenvalue weighted by atomic mass is 9.67. The van der Waals surface area contributed by atoms with E-state index in [-0.39, 0.29) is 11.2 Å². The maximum atomic E-state index is 13.4. The zero-order valence-corrected chi connectivity index (χ0v) is 12.6. The molecule has 1 fully saturated rings. The van der Waals surface area contributed by atoms with Gasteiger partial charge in [0.2, 0.25) is 0 Å². The van der Waals surface area contributed by atoms with Crippen molar-refractivity contribution < 1.29 is 4.39 Å². The SMILES string of the molecule is CCCC1CCC(C#N)(Cc2cc(F)ccc2C)CC1. The highest BCUT2D eigenvalue weighted by Crippen LogP contribution is 2.42. The Bertz CT molecular complexity index is 493. The fraction of sp³-hybridized carbons (Fsp3) is 0.611. The van der Waals surface area contributed by atoms with Gasteiger partial charge in [0, 0.05) is 0 Å². The van der Waals surface area contributed by atoms with Crippen molar-refractivity contribution in [3.63, 3.8) is 0 Å². The molecule has 2 heteroatoms. The van der Waals surface area contributed by atoms with E-state index in [4.69, 9.17) is 0 Å². The minimum atomic E-state index is -0.275. The van der Waals surface area contributed by atoms with Crippen LogP contribution in [0.15, 0.2) is 18.2 Å². The largest absolute Gasteiger partial charge is 0.207 e. The molecule has 1 nitrogen and oxygen atoms in total. The van der Waals surface area contributed by atoms with Crippen LogP contribution in [0.4, 0.5) is 4.39 Å². The van der Waals surface area contributed by atoms with Gasteiger partial charge in [0.15, 0.2) is 0 Å². The number of aryl methyl sites for hydroxylation is 1. The zero-order chi connectivity index (χ0) is 14.6. The molecule has 0 saturated heterocycles. The fourth-order valence-electron chi connectivity index (χ4n) is 3.45. The van der Waals surface area contributed by atoms with Gasteiger partial charge in [-0.2, -0.15) is 5.26 Å². The topological polar surface area (TPSA) is 23.8 Å². The monoisotopic (exact) mass is 273 g/mol. The van der Waals surface area contributed by atoms with Crippen LogP contribution in [0, 0.1) is 35.4 Å². The Morgan fingerprint density at radius 2 is 2.05 bits per heavy atom. The van der Waals surface area contributed by atoms with Gasteiger partial charge in [-0.15, -0.1) is 0 Å². The van der Waals surface area contributed by atoms with E-state index in [0.29, 0.717) is 6.42 Å². The highest BCUT2D eigenvalue weighted by molar-refractivity contribution is 5.29. The highest BCUT2D eigenvalue weighted by Gasteiger charge is 2.35. The predicted octanol–water partition coefficient (Wildman–Crippen LogP) is 5.18. The van der Waals surface area contributed by atoms with Crippen molar-refractivity contribution in [3.05, 3.63) is 35.1 Å². The van der Waals surface area contributed by atoms with Gasteiger partial charge in [-0.25, -0.2) is 4.39 Å². The summed E-state index contributed by atoms with van der Waals surface area (Å²) in [6, 6.07) is 7.47. The summed E-state index contributed by atoms with van der Waals surface area (Å²) in [7, 11) is 0. The molecule has 1 aliphatic carbocycles. The summed E-state index contributed by atoms with van der Waals surface area (Å²) in [5.74, 6) is 0.591. The van der Waals surface area contributed by atoms with Crippen LogP contribution in [0.25, 0.3) is 0 Å². The second-order valence-electron chi connectivity index (χ2n) is 6.37. The first-order valence-corrected chi connectivity index (χ1v) is 7.75. The number of benzene rings is 1. The second-order valence-corrected chi connectivity index (χ2v) is 6.37. The number of hydrogen-bond donors (Lipinski definition) is 0. The third-order valence-corrected chi connectivity index (χ3v) is 4.84. The van der Waals surface area contributed by atoms with Crippen molar-refractivity contribution in [2.75, 3.05) is 0 Å². The molecule has 0 atom stereocenters. The van der Waals surface area contributed by atoms with Crippen LogP contribution >= 0.6 is 0 Å². The first kappa shape index (κ1) is 15.0. The molecule has 1 aliphatic rings. The lowest BCUT2D eigenvalue weighted by molar-refractivity contribution is 0.200. The van der Waals surface area contributed by atoms with Crippen molar-refractivity contribution in [3.8, 4) is 6.07 Å². The molecule has 0 bridgehead atoms. The molecule has 2 rings (SSSR count). The Morgan fingerprint density at radius 3 is 2.65 bits per heavy atom. The lowest BCUT2D eigenvalue weighted by Crippen LogP contribution is -2.28. The molecule has 0 amide bonds. The average molecular weight is 273 g/mol. The van der Waals surface area contributed by atoms with E-state index < -0.39 is 0 Å². The quantitative estimate of drug-likeness (QED) is 0.741. The fourth-order valence-corrected chi connectivity index (χ4v) is 3.45. The van der Waals surface area contributed by atoms with Crippen molar-refractivity contribution >= 4 is 0 Å². The predicted molar refractivity (Wildman–Crippen MR) is 79.8 cm³/mol. The van der Waals surface area contributed by atoms with Crippen molar-refractivity contribution in [1.29, 1.82) is 5.26 Å². The van der Waals surface area contributed by atoms with E-state index in [9.17, 15) is 9.65 Å². The van der Waals surface area contributed by atoms with E-state index in [1.165, 1.54) is 18.9 Å². The van der Waals surface area contributed by atoms with Gasteiger partial charge in [0.1, 0.15) is 5.82 Å². The maximum Gasteiger partial charge on any atom is 0.123 e. The van der Waals surface area contributed by atoms with Crippen molar-refractivity contribution in [1.82, 2.24) is 0 Å². The smallest absolute Gasteiger partial charge is 0.123 e. The van der Waals surface area contributed by atoms with Gasteiger partial charge in [0.25, 0.3) is 0 Å². The van der Waals surface area contributed by atoms with Crippen LogP contribution in [-0.2, 0) is 6.42 Å². The van der Waals surface area contributed by atoms with Gasteiger partial charge < -0.3 is 0 Å². The van der Waals surface area contributed by atoms with Gasteiger partial charge in [-0.1, -0.05) is 25.8 Å². The highest BCUT2D eigenvalue weighted by atomic mass is 19.1. The van der Waals surface area contributed by atoms with Gasteiger partial charge >= 0.3 is 0 Å². The minimum absolute atomic E-state index is 0.196. The normalized spacial score (nSPS) is 26.2. The average Bonchev–Trinajstić information content (AvgIpc) is 2.45. The van der Waals surface area contributed by atoms with E-state index in [1.54, 1.807) is 6.07 Å². The number of hydrogen-bond acceptors (Lipinski definition) is 1. The van der Waals surface area contributed by atoms with E-state index in [1.807, 2.05) is 13.0 Å². The molecule has 20 heavy (non-hydrogen) atoms. The molecule has 0 unspecified atom stereocenters. The molecule has 1 aromatic carbocycles. The summed E-state index contributed by atoms with van der Waals surface area (Å²) in [6.45, 7) is 4.23. The number of nitrogens with zero attached hydrogens (tertiary/aromatic N) is 1. The molecule has 1 aromatic rings. The van der Waals surface area contributed by atoms with Crippen molar-refractivity contribution in [2.24, 2.45) is 11.3 Å². The van der Waals surface area contributed by atoms with Crippen LogP contribution < -0.4 is 0 Å². The molecule has 1 saturated carbocycles. The van der Waals surface area contributed by atoms with Crippen LogP contribution in [0.3, 0.4) is 0 Å². The summed E-state index contributed by atoms with van der Waals surface area (Å²) < 4.78 is 13.4. The van der Waals surface area contributed by atoms with Crippen LogP contribution in [0.2, 0.25) is 0 Å². The third kappa shape index (κ3) is 3.39. The molecule has 0 radical (unpaired) electrons. The molecule has 0 aromatic heterocycles. The maximum absolute atomic E-state index is 13.4. The van der Waals surface area contributed by atoms with Gasteiger partial charge in [0.05, 0.1) is 11.5 Å². The number of nitriles is 1. The molecule has 0 N–H and O–H groups in total. The molecular formula is C18H24FN. The zero-order valence-electron chi connectivity index (χ0n) is 12.6. The molecule has 108 valence electrons. The Hall–Kier alpha value is -1.36. The van der Waals surface area contributed by atoms with E-state index >= 15 is 0 Å². The molecule has 0 spiro atoms. The Labute approximate surface area is 121 Å². The van der Waals surface area contributed by atoms with Crippen LogP contribution in [0.1, 0.15) is 56.6 Å². The van der Waals surface area contributed by atoms with Gasteiger partial charge in [-0.05, 0) is 68.2 Å². The van der Waals surface area contributed by atoms with E-state index in [0.717, 1.165) is 42.7 Å². The summed E-state index contributed by atoms with van der Waals surface area (Å²) in [5, 5.41) is 9.64. The number of rotatable bonds is 4. The summed E-state index contributed by atoms with van der Waals surface area (Å²) in [4.78, 5) is 0. The van der Waals surface area contributed by atoms with E-state index in [2.05, 4.69) is 13.0 Å². The standard InChI is InChI=1S/C18H24FN/c1-3-4-15-7-9-18(13-20,10-8-15)12-16-11-17(19)6-5-14(16)2/h5-6,11,15H,3-4,7-10,12H2,1-2H3. The Morgan fingerprint density at radius 1 is 1.35 bits per heavy atom. The summed E-state index contributed by atoms with van der Waals surface area (Å²) in [5.41, 5.74) is 1.82. The van der Waals surface area contributed by atoms with Crippen LogP contribution in [-0.4, -0.2) is 0 Å². The van der Waals surface area contributed by atoms with Crippen LogP contribution in [0.5, 0.6) is 0 Å². The van der Waals surface area contributed by atoms with Crippen molar-refractivity contribution in [2.45, 2.75) is 58.8 Å². The Kier molecular flexibility index (Phi) is 4.81. The first-order chi connectivity index (χ1) is 9.58. The summed E-state index contributed by atoms with van der Waals surface area (Å²) in [6.07, 6.45) is 7.43. The van der Waals surface area contributed by atoms with Gasteiger partial charge in [-0.3, -0.25) is 0 Å². The first-order valence-electron chi connectivity index (χ1n) is 7.75. The Balaban J connectivity index is 2.10. The molecular weight excluding hydrogens is 249 g/mol. The third-order valence-electron chi connectivity index (χ3n) is 4.84. The minimum Gasteiger partial charge on any atom is -0.207 e.